The number of rotatable bonds is 2. The lowest BCUT2D eigenvalue weighted by molar-refractivity contribution is 1.17. The van der Waals surface area contributed by atoms with Crippen molar-refractivity contribution in [1.29, 1.82) is 0 Å². The van der Waals surface area contributed by atoms with Crippen LogP contribution in [0.3, 0.4) is 0 Å². The minimum atomic E-state index is 0.148. The van der Waals surface area contributed by atoms with Crippen LogP contribution in [0.5, 0.6) is 0 Å². The molecule has 1 aromatic heterocycles. The lowest BCUT2D eigenvalue weighted by atomic mass is 9.98. The van der Waals surface area contributed by atoms with Crippen LogP contribution >= 0.6 is 23.2 Å². The Labute approximate surface area is 127 Å². The maximum atomic E-state index is 5.96. The van der Waals surface area contributed by atoms with Crippen LogP contribution in [-0.4, -0.2) is 9.97 Å². The zero-order valence-corrected chi connectivity index (χ0v) is 11.9. The molecule has 1 heterocycles. The largest absolute Gasteiger partial charge is 0.224 e. The highest BCUT2D eigenvalue weighted by Crippen LogP contribution is 2.31. The molecule has 20 heavy (non-hydrogen) atoms. The van der Waals surface area contributed by atoms with E-state index in [1.54, 1.807) is 6.07 Å². The third-order valence-electron chi connectivity index (χ3n) is 2.96. The maximum Gasteiger partial charge on any atom is 0.224 e. The summed E-state index contributed by atoms with van der Waals surface area (Å²) >= 11 is 11.9. The number of halogens is 2. The Kier molecular flexibility index (Phi) is 3.68. The molecule has 0 N–H and O–H groups in total. The highest BCUT2D eigenvalue weighted by molar-refractivity contribution is 6.32. The topological polar surface area (TPSA) is 25.8 Å². The predicted octanol–water partition coefficient (Wildman–Crippen LogP) is 5.12. The van der Waals surface area contributed by atoms with Crippen LogP contribution in [0.2, 0.25) is 10.4 Å². The van der Waals surface area contributed by atoms with Crippen molar-refractivity contribution >= 4 is 23.2 Å². The SMILES string of the molecule is Clc1cc(-c2ccccc2-c2ccccc2)nc(Cl)n1. The zero-order valence-electron chi connectivity index (χ0n) is 10.4. The minimum absolute atomic E-state index is 0.148. The van der Waals surface area contributed by atoms with Crippen LogP contribution in [0, 0.1) is 0 Å². The van der Waals surface area contributed by atoms with Crippen molar-refractivity contribution < 1.29 is 0 Å². The van der Waals surface area contributed by atoms with Crippen molar-refractivity contribution in [3.63, 3.8) is 0 Å². The number of hydrogen-bond acceptors (Lipinski definition) is 2. The van der Waals surface area contributed by atoms with E-state index in [2.05, 4.69) is 28.2 Å². The summed E-state index contributed by atoms with van der Waals surface area (Å²) in [4.78, 5) is 8.14. The van der Waals surface area contributed by atoms with E-state index in [1.807, 2.05) is 36.4 Å². The van der Waals surface area contributed by atoms with Gasteiger partial charge in [-0.05, 0) is 22.7 Å². The lowest BCUT2D eigenvalue weighted by Crippen LogP contribution is -1.91. The van der Waals surface area contributed by atoms with Gasteiger partial charge in [0.15, 0.2) is 0 Å². The molecule has 0 amide bonds. The van der Waals surface area contributed by atoms with Crippen LogP contribution in [0.1, 0.15) is 0 Å². The van der Waals surface area contributed by atoms with E-state index < -0.39 is 0 Å². The molecule has 0 radical (unpaired) electrons. The molecule has 0 aliphatic carbocycles. The van der Waals surface area contributed by atoms with E-state index in [9.17, 15) is 0 Å². The van der Waals surface area contributed by atoms with E-state index in [4.69, 9.17) is 23.2 Å². The molecule has 2 aromatic carbocycles. The van der Waals surface area contributed by atoms with E-state index >= 15 is 0 Å². The van der Waals surface area contributed by atoms with Gasteiger partial charge in [0, 0.05) is 11.6 Å². The normalized spacial score (nSPS) is 10.5. The van der Waals surface area contributed by atoms with Gasteiger partial charge < -0.3 is 0 Å². The van der Waals surface area contributed by atoms with Crippen molar-refractivity contribution in [3.05, 3.63) is 71.1 Å². The average molecular weight is 301 g/mol. The Morgan fingerprint density at radius 2 is 1.35 bits per heavy atom. The summed E-state index contributed by atoms with van der Waals surface area (Å²) < 4.78 is 0. The summed E-state index contributed by atoms with van der Waals surface area (Å²) in [6.07, 6.45) is 0. The number of hydrogen-bond donors (Lipinski definition) is 0. The van der Waals surface area contributed by atoms with Crippen LogP contribution in [0.4, 0.5) is 0 Å². The van der Waals surface area contributed by atoms with Gasteiger partial charge in [0.25, 0.3) is 0 Å². The van der Waals surface area contributed by atoms with Crippen LogP contribution in [-0.2, 0) is 0 Å². The molecule has 0 unspecified atom stereocenters. The molecule has 3 rings (SSSR count). The molecule has 0 atom stereocenters. The van der Waals surface area contributed by atoms with Gasteiger partial charge in [-0.2, -0.15) is 0 Å². The summed E-state index contributed by atoms with van der Waals surface area (Å²) in [6.45, 7) is 0. The molecular weight excluding hydrogens is 291 g/mol. The summed E-state index contributed by atoms with van der Waals surface area (Å²) in [5.41, 5.74) is 3.90. The van der Waals surface area contributed by atoms with Crippen LogP contribution in [0.25, 0.3) is 22.4 Å². The fourth-order valence-corrected chi connectivity index (χ4v) is 2.51. The van der Waals surface area contributed by atoms with Gasteiger partial charge in [-0.3, -0.25) is 0 Å². The first-order chi connectivity index (χ1) is 9.74. The molecule has 0 spiro atoms. The van der Waals surface area contributed by atoms with E-state index in [1.165, 1.54) is 0 Å². The first-order valence-corrected chi connectivity index (χ1v) is 6.84. The van der Waals surface area contributed by atoms with Crippen molar-refractivity contribution in [3.8, 4) is 22.4 Å². The third kappa shape index (κ3) is 2.67. The average Bonchev–Trinajstić information content (AvgIpc) is 2.47. The van der Waals surface area contributed by atoms with E-state index in [-0.39, 0.29) is 5.28 Å². The highest BCUT2D eigenvalue weighted by atomic mass is 35.5. The second-order valence-electron chi connectivity index (χ2n) is 4.26. The number of nitrogens with zero attached hydrogens (tertiary/aromatic N) is 2. The molecule has 0 fully saturated rings. The van der Waals surface area contributed by atoms with E-state index in [0.717, 1.165) is 22.4 Å². The first-order valence-electron chi connectivity index (χ1n) is 6.09. The van der Waals surface area contributed by atoms with Gasteiger partial charge in [0.05, 0.1) is 5.69 Å². The number of aromatic nitrogens is 2. The van der Waals surface area contributed by atoms with Crippen LogP contribution < -0.4 is 0 Å². The zero-order chi connectivity index (χ0) is 13.9. The molecule has 0 bridgehead atoms. The second-order valence-corrected chi connectivity index (χ2v) is 4.98. The summed E-state index contributed by atoms with van der Waals surface area (Å²) in [7, 11) is 0. The predicted molar refractivity (Wildman–Crippen MR) is 82.9 cm³/mol. The fourth-order valence-electron chi connectivity index (χ4n) is 2.10. The van der Waals surface area contributed by atoms with Gasteiger partial charge in [-0.15, -0.1) is 0 Å². The Hall–Kier alpha value is -1.90. The molecule has 3 aromatic rings. The molecule has 2 nitrogen and oxygen atoms in total. The third-order valence-corrected chi connectivity index (χ3v) is 3.32. The minimum Gasteiger partial charge on any atom is -0.218 e. The van der Waals surface area contributed by atoms with Crippen molar-refractivity contribution in [2.45, 2.75) is 0 Å². The highest BCUT2D eigenvalue weighted by Gasteiger charge is 2.10. The fraction of sp³-hybridized carbons (Fsp3) is 0. The van der Waals surface area contributed by atoms with Crippen molar-refractivity contribution in [1.82, 2.24) is 9.97 Å². The molecule has 0 aliphatic rings. The molecule has 0 saturated carbocycles. The summed E-state index contributed by atoms with van der Waals surface area (Å²) in [5, 5.41) is 0.484. The van der Waals surface area contributed by atoms with Crippen molar-refractivity contribution in [2.75, 3.05) is 0 Å². The maximum absolute atomic E-state index is 5.96. The molecule has 0 aliphatic heterocycles. The standard InChI is InChI=1S/C16H10Cl2N2/c17-15-10-14(19-16(18)20-15)13-9-5-4-8-12(13)11-6-2-1-3-7-11/h1-10H. The Morgan fingerprint density at radius 1 is 0.700 bits per heavy atom. The van der Waals surface area contributed by atoms with Crippen LogP contribution in [0.15, 0.2) is 60.7 Å². The Balaban J connectivity index is 2.20. The molecule has 0 saturated heterocycles. The van der Waals surface area contributed by atoms with Crippen molar-refractivity contribution in [2.24, 2.45) is 0 Å². The lowest BCUT2D eigenvalue weighted by Gasteiger charge is -2.09. The van der Waals surface area contributed by atoms with E-state index in [0.29, 0.717) is 5.15 Å². The van der Waals surface area contributed by atoms with Gasteiger partial charge in [0.2, 0.25) is 5.28 Å². The summed E-state index contributed by atoms with van der Waals surface area (Å²) in [5.74, 6) is 0. The van der Waals surface area contributed by atoms with Gasteiger partial charge in [-0.25, -0.2) is 9.97 Å². The van der Waals surface area contributed by atoms with Gasteiger partial charge >= 0.3 is 0 Å². The Bertz CT molecular complexity index is 722. The monoisotopic (exact) mass is 300 g/mol. The van der Waals surface area contributed by atoms with Gasteiger partial charge in [-0.1, -0.05) is 66.2 Å². The molecule has 98 valence electrons. The summed E-state index contributed by atoms with van der Waals surface area (Å²) in [6, 6.07) is 19.8. The molecule has 4 heteroatoms. The number of benzene rings is 2. The van der Waals surface area contributed by atoms with Gasteiger partial charge in [0.1, 0.15) is 5.15 Å². The second kappa shape index (κ2) is 5.61. The quantitative estimate of drug-likeness (QED) is 0.485. The smallest absolute Gasteiger partial charge is 0.218 e. The molecular formula is C16H10Cl2N2. The first kappa shape index (κ1) is 13.1. The Morgan fingerprint density at radius 3 is 2.05 bits per heavy atom.